The standard InChI is InChI=1S/C12H14N4/c1-8(13)10-7-15-12(16-9(10)2)11-5-3-4-6-14-11/h3-8H,13H2,1-2H3/t8-/m0/s1. The minimum atomic E-state index is -0.0437. The van der Waals surface area contributed by atoms with Crippen LogP contribution < -0.4 is 5.73 Å². The van der Waals surface area contributed by atoms with Crippen LogP contribution in [0, 0.1) is 6.92 Å². The molecule has 0 aliphatic heterocycles. The first kappa shape index (κ1) is 10.7. The molecule has 2 aromatic heterocycles. The summed E-state index contributed by atoms with van der Waals surface area (Å²) in [6, 6.07) is 5.63. The van der Waals surface area contributed by atoms with E-state index in [0.29, 0.717) is 5.82 Å². The molecule has 0 aliphatic carbocycles. The highest BCUT2D eigenvalue weighted by Gasteiger charge is 2.08. The Balaban J connectivity index is 2.43. The van der Waals surface area contributed by atoms with Gasteiger partial charge in [0.2, 0.25) is 0 Å². The van der Waals surface area contributed by atoms with Crippen LogP contribution in [0.3, 0.4) is 0 Å². The summed E-state index contributed by atoms with van der Waals surface area (Å²) >= 11 is 0. The highest BCUT2D eigenvalue weighted by Crippen LogP contribution is 2.16. The lowest BCUT2D eigenvalue weighted by atomic mass is 10.1. The summed E-state index contributed by atoms with van der Waals surface area (Å²) in [6.45, 7) is 3.86. The summed E-state index contributed by atoms with van der Waals surface area (Å²) in [5.74, 6) is 0.641. The summed E-state index contributed by atoms with van der Waals surface area (Å²) in [5.41, 5.74) is 8.47. The van der Waals surface area contributed by atoms with Gasteiger partial charge in [0.1, 0.15) is 5.69 Å². The zero-order chi connectivity index (χ0) is 11.5. The maximum absolute atomic E-state index is 5.81. The first-order valence-electron chi connectivity index (χ1n) is 5.19. The normalized spacial score (nSPS) is 12.4. The lowest BCUT2D eigenvalue weighted by Crippen LogP contribution is -2.09. The third-order valence-corrected chi connectivity index (χ3v) is 2.40. The number of aryl methyl sites for hydroxylation is 1. The average Bonchev–Trinajstić information content (AvgIpc) is 2.29. The smallest absolute Gasteiger partial charge is 0.178 e. The fourth-order valence-corrected chi connectivity index (χ4v) is 1.54. The zero-order valence-corrected chi connectivity index (χ0v) is 9.38. The molecule has 2 rings (SSSR count). The number of hydrogen-bond donors (Lipinski definition) is 1. The van der Waals surface area contributed by atoms with Gasteiger partial charge in [0.15, 0.2) is 5.82 Å². The molecule has 2 aromatic rings. The van der Waals surface area contributed by atoms with Crippen LogP contribution in [0.1, 0.15) is 24.2 Å². The largest absolute Gasteiger partial charge is 0.324 e. The van der Waals surface area contributed by atoms with Gasteiger partial charge in [-0.05, 0) is 26.0 Å². The molecule has 2 N–H and O–H groups in total. The van der Waals surface area contributed by atoms with E-state index in [2.05, 4.69) is 15.0 Å². The van der Waals surface area contributed by atoms with Crippen molar-refractivity contribution in [1.82, 2.24) is 15.0 Å². The third kappa shape index (κ3) is 2.06. The lowest BCUT2D eigenvalue weighted by Gasteiger charge is -2.09. The molecule has 4 heteroatoms. The van der Waals surface area contributed by atoms with Crippen LogP contribution in [0.15, 0.2) is 30.6 Å². The monoisotopic (exact) mass is 214 g/mol. The Kier molecular flexibility index (Phi) is 2.92. The molecule has 0 aromatic carbocycles. The molecule has 0 unspecified atom stereocenters. The number of hydrogen-bond acceptors (Lipinski definition) is 4. The van der Waals surface area contributed by atoms with E-state index in [9.17, 15) is 0 Å². The van der Waals surface area contributed by atoms with Crippen molar-refractivity contribution in [3.63, 3.8) is 0 Å². The predicted octanol–water partition coefficient (Wildman–Crippen LogP) is 1.87. The quantitative estimate of drug-likeness (QED) is 0.828. The molecule has 0 saturated carbocycles. The Hall–Kier alpha value is -1.81. The van der Waals surface area contributed by atoms with Crippen molar-refractivity contribution >= 4 is 0 Å². The van der Waals surface area contributed by atoms with Crippen molar-refractivity contribution in [3.8, 4) is 11.5 Å². The molecule has 1 atom stereocenters. The highest BCUT2D eigenvalue weighted by molar-refractivity contribution is 5.48. The Morgan fingerprint density at radius 3 is 2.62 bits per heavy atom. The number of aromatic nitrogens is 3. The molecular weight excluding hydrogens is 200 g/mol. The Morgan fingerprint density at radius 2 is 2.06 bits per heavy atom. The second-order valence-electron chi connectivity index (χ2n) is 3.74. The lowest BCUT2D eigenvalue weighted by molar-refractivity contribution is 0.790. The molecule has 0 spiro atoms. The molecule has 4 nitrogen and oxygen atoms in total. The summed E-state index contributed by atoms with van der Waals surface area (Å²) in [4.78, 5) is 12.9. The average molecular weight is 214 g/mol. The number of nitrogens with zero attached hydrogens (tertiary/aromatic N) is 3. The van der Waals surface area contributed by atoms with E-state index in [-0.39, 0.29) is 6.04 Å². The van der Waals surface area contributed by atoms with Crippen LogP contribution in [-0.4, -0.2) is 15.0 Å². The van der Waals surface area contributed by atoms with E-state index in [1.165, 1.54) is 0 Å². The van der Waals surface area contributed by atoms with E-state index in [0.717, 1.165) is 17.0 Å². The van der Waals surface area contributed by atoms with Gasteiger partial charge in [-0.1, -0.05) is 6.07 Å². The van der Waals surface area contributed by atoms with Gasteiger partial charge in [0.05, 0.1) is 0 Å². The summed E-state index contributed by atoms with van der Waals surface area (Å²) in [6.07, 6.45) is 3.50. The van der Waals surface area contributed by atoms with Gasteiger partial charge < -0.3 is 5.73 Å². The number of rotatable bonds is 2. The number of pyridine rings is 1. The molecule has 82 valence electrons. The van der Waals surface area contributed by atoms with E-state index >= 15 is 0 Å². The van der Waals surface area contributed by atoms with Crippen molar-refractivity contribution < 1.29 is 0 Å². The fraction of sp³-hybridized carbons (Fsp3) is 0.250. The molecule has 0 fully saturated rings. The van der Waals surface area contributed by atoms with Gasteiger partial charge in [-0.15, -0.1) is 0 Å². The van der Waals surface area contributed by atoms with Crippen molar-refractivity contribution in [1.29, 1.82) is 0 Å². The van der Waals surface area contributed by atoms with Crippen LogP contribution in [-0.2, 0) is 0 Å². The second-order valence-corrected chi connectivity index (χ2v) is 3.74. The van der Waals surface area contributed by atoms with Gasteiger partial charge in [-0.3, -0.25) is 4.98 Å². The molecule has 0 radical (unpaired) electrons. The van der Waals surface area contributed by atoms with E-state index in [1.54, 1.807) is 12.4 Å². The minimum absolute atomic E-state index is 0.0437. The van der Waals surface area contributed by atoms with Crippen molar-refractivity contribution in [2.75, 3.05) is 0 Å². The van der Waals surface area contributed by atoms with Gasteiger partial charge in [0, 0.05) is 29.7 Å². The van der Waals surface area contributed by atoms with Gasteiger partial charge >= 0.3 is 0 Å². The first-order chi connectivity index (χ1) is 7.68. The molecule has 0 aliphatic rings. The fourth-order valence-electron chi connectivity index (χ4n) is 1.54. The second kappa shape index (κ2) is 4.37. The third-order valence-electron chi connectivity index (χ3n) is 2.40. The summed E-state index contributed by atoms with van der Waals surface area (Å²) in [7, 11) is 0. The molecule has 0 saturated heterocycles. The topological polar surface area (TPSA) is 64.7 Å². The van der Waals surface area contributed by atoms with E-state index in [1.807, 2.05) is 32.0 Å². The van der Waals surface area contributed by atoms with E-state index in [4.69, 9.17) is 5.73 Å². The Labute approximate surface area is 94.6 Å². The van der Waals surface area contributed by atoms with Crippen molar-refractivity contribution in [3.05, 3.63) is 41.9 Å². The molecule has 0 amide bonds. The van der Waals surface area contributed by atoms with Gasteiger partial charge in [-0.25, -0.2) is 9.97 Å². The van der Waals surface area contributed by atoms with Crippen molar-refractivity contribution in [2.24, 2.45) is 5.73 Å². The van der Waals surface area contributed by atoms with Crippen LogP contribution >= 0.6 is 0 Å². The van der Waals surface area contributed by atoms with Crippen LogP contribution in [0.4, 0.5) is 0 Å². The predicted molar refractivity (Wildman–Crippen MR) is 62.6 cm³/mol. The number of nitrogens with two attached hydrogens (primary N) is 1. The molecule has 2 heterocycles. The molecule has 16 heavy (non-hydrogen) atoms. The van der Waals surface area contributed by atoms with E-state index < -0.39 is 0 Å². The van der Waals surface area contributed by atoms with Crippen LogP contribution in [0.5, 0.6) is 0 Å². The maximum atomic E-state index is 5.81. The first-order valence-corrected chi connectivity index (χ1v) is 5.19. The minimum Gasteiger partial charge on any atom is -0.324 e. The Morgan fingerprint density at radius 1 is 1.25 bits per heavy atom. The summed E-state index contributed by atoms with van der Waals surface area (Å²) in [5, 5.41) is 0. The SMILES string of the molecule is Cc1nc(-c2ccccn2)ncc1[C@H](C)N. The van der Waals surface area contributed by atoms with Crippen molar-refractivity contribution in [2.45, 2.75) is 19.9 Å². The maximum Gasteiger partial charge on any atom is 0.178 e. The zero-order valence-electron chi connectivity index (χ0n) is 9.38. The van der Waals surface area contributed by atoms with Gasteiger partial charge in [0.25, 0.3) is 0 Å². The summed E-state index contributed by atoms with van der Waals surface area (Å²) < 4.78 is 0. The van der Waals surface area contributed by atoms with Crippen LogP contribution in [0.2, 0.25) is 0 Å². The Bertz CT molecular complexity index is 480. The molecule has 0 bridgehead atoms. The molecular formula is C12H14N4. The van der Waals surface area contributed by atoms with Crippen LogP contribution in [0.25, 0.3) is 11.5 Å². The van der Waals surface area contributed by atoms with Gasteiger partial charge in [-0.2, -0.15) is 0 Å². The highest BCUT2D eigenvalue weighted by atomic mass is 14.9.